The normalized spacial score (nSPS) is 26.7. The summed E-state index contributed by atoms with van der Waals surface area (Å²) < 4.78 is 4.91. The van der Waals surface area contributed by atoms with Gasteiger partial charge < -0.3 is 4.74 Å². The van der Waals surface area contributed by atoms with Crippen LogP contribution in [0.3, 0.4) is 0 Å². The van der Waals surface area contributed by atoms with Crippen LogP contribution < -0.4 is 0 Å². The van der Waals surface area contributed by atoms with Gasteiger partial charge in [0.2, 0.25) is 0 Å². The Balaban J connectivity index is 2.33. The van der Waals surface area contributed by atoms with Crippen molar-refractivity contribution in [2.45, 2.75) is 26.7 Å². The molecule has 0 unspecified atom stereocenters. The molecule has 1 aliphatic heterocycles. The molecule has 2 heteroatoms. The Bertz CT molecular complexity index is 119. The summed E-state index contributed by atoms with van der Waals surface area (Å²) in [5.41, 5.74) is 0. The van der Waals surface area contributed by atoms with Gasteiger partial charge in [0, 0.05) is 6.42 Å². The minimum absolute atomic E-state index is 0.0306. The number of esters is 1. The van der Waals surface area contributed by atoms with Crippen molar-refractivity contribution in [3.63, 3.8) is 0 Å². The predicted octanol–water partition coefficient (Wildman–Crippen LogP) is 1.60. The highest BCUT2D eigenvalue weighted by molar-refractivity contribution is 5.69. The van der Waals surface area contributed by atoms with Crippen LogP contribution >= 0.6 is 0 Å². The Labute approximate surface area is 61.6 Å². The van der Waals surface area contributed by atoms with E-state index in [1.54, 1.807) is 0 Å². The number of carbonyl (C=O) groups excluding carboxylic acids is 1. The van der Waals surface area contributed by atoms with Gasteiger partial charge in [-0.25, -0.2) is 0 Å². The first-order valence-corrected chi connectivity index (χ1v) is 3.86. The molecule has 1 atom stereocenters. The first-order valence-electron chi connectivity index (χ1n) is 3.86. The molecule has 2 nitrogen and oxygen atoms in total. The molecule has 1 fully saturated rings. The van der Waals surface area contributed by atoms with E-state index >= 15 is 0 Å². The van der Waals surface area contributed by atoms with Crippen LogP contribution in [0, 0.1) is 11.8 Å². The van der Waals surface area contributed by atoms with E-state index < -0.39 is 0 Å². The van der Waals surface area contributed by atoms with Gasteiger partial charge in [0.1, 0.15) is 0 Å². The first-order chi connectivity index (χ1) is 4.70. The van der Waals surface area contributed by atoms with Crippen LogP contribution in [0.25, 0.3) is 0 Å². The van der Waals surface area contributed by atoms with Crippen molar-refractivity contribution in [3.8, 4) is 0 Å². The Kier molecular flexibility index (Phi) is 2.30. The second-order valence-corrected chi connectivity index (χ2v) is 3.23. The van der Waals surface area contributed by atoms with Crippen LogP contribution in [0.5, 0.6) is 0 Å². The summed E-state index contributed by atoms with van der Waals surface area (Å²) in [7, 11) is 0. The van der Waals surface area contributed by atoms with Crippen molar-refractivity contribution in [1.29, 1.82) is 0 Å². The van der Waals surface area contributed by atoms with Gasteiger partial charge in [-0.05, 0) is 18.3 Å². The maximum atomic E-state index is 10.6. The summed E-state index contributed by atoms with van der Waals surface area (Å²) in [6.45, 7) is 4.98. The number of ether oxygens (including phenoxy) is 1. The molecular formula is C8H14O2. The highest BCUT2D eigenvalue weighted by atomic mass is 16.5. The van der Waals surface area contributed by atoms with Crippen LogP contribution in [-0.4, -0.2) is 12.6 Å². The summed E-state index contributed by atoms with van der Waals surface area (Å²) in [6.07, 6.45) is 1.62. The number of hydrogen-bond donors (Lipinski definition) is 0. The van der Waals surface area contributed by atoms with Crippen molar-refractivity contribution < 1.29 is 9.53 Å². The van der Waals surface area contributed by atoms with E-state index in [9.17, 15) is 4.79 Å². The average Bonchev–Trinajstić information content (AvgIpc) is 1.88. The third-order valence-corrected chi connectivity index (χ3v) is 2.12. The lowest BCUT2D eigenvalue weighted by molar-refractivity contribution is -0.150. The lowest BCUT2D eigenvalue weighted by atomic mass is 9.91. The van der Waals surface area contributed by atoms with Gasteiger partial charge in [0.15, 0.2) is 0 Å². The zero-order valence-corrected chi connectivity index (χ0v) is 6.59. The van der Waals surface area contributed by atoms with Gasteiger partial charge in [-0.3, -0.25) is 4.79 Å². The maximum absolute atomic E-state index is 10.6. The van der Waals surface area contributed by atoms with Crippen LogP contribution in [0.2, 0.25) is 0 Å². The van der Waals surface area contributed by atoms with E-state index in [2.05, 4.69) is 13.8 Å². The number of cyclic esters (lactones) is 1. The van der Waals surface area contributed by atoms with Gasteiger partial charge in [-0.15, -0.1) is 0 Å². The first kappa shape index (κ1) is 7.58. The van der Waals surface area contributed by atoms with Gasteiger partial charge >= 0.3 is 5.97 Å². The highest BCUT2D eigenvalue weighted by Crippen LogP contribution is 2.21. The number of carbonyl (C=O) groups is 1. The van der Waals surface area contributed by atoms with Crippen LogP contribution in [-0.2, 0) is 9.53 Å². The molecule has 1 aliphatic rings. The lowest BCUT2D eigenvalue weighted by Crippen LogP contribution is -2.25. The van der Waals surface area contributed by atoms with E-state index in [4.69, 9.17) is 4.74 Å². The molecule has 0 spiro atoms. The van der Waals surface area contributed by atoms with Gasteiger partial charge in [-0.2, -0.15) is 0 Å². The molecule has 0 N–H and O–H groups in total. The molecule has 1 heterocycles. The molecule has 0 saturated carbocycles. The van der Waals surface area contributed by atoms with Gasteiger partial charge in [-0.1, -0.05) is 13.8 Å². The Morgan fingerprint density at radius 2 is 2.30 bits per heavy atom. The minimum Gasteiger partial charge on any atom is -0.465 e. The van der Waals surface area contributed by atoms with Crippen molar-refractivity contribution >= 4 is 5.97 Å². The predicted molar refractivity (Wildman–Crippen MR) is 38.5 cm³/mol. The van der Waals surface area contributed by atoms with Crippen LogP contribution in [0.1, 0.15) is 26.7 Å². The number of rotatable bonds is 1. The molecule has 1 rings (SSSR count). The average molecular weight is 142 g/mol. The van der Waals surface area contributed by atoms with Crippen LogP contribution in [0.15, 0.2) is 0 Å². The zero-order chi connectivity index (χ0) is 7.56. The summed E-state index contributed by atoms with van der Waals surface area (Å²) in [4.78, 5) is 10.6. The van der Waals surface area contributed by atoms with Crippen molar-refractivity contribution in [2.24, 2.45) is 11.8 Å². The van der Waals surface area contributed by atoms with Gasteiger partial charge in [0.05, 0.1) is 6.61 Å². The van der Waals surface area contributed by atoms with Gasteiger partial charge in [0.25, 0.3) is 0 Å². The third-order valence-electron chi connectivity index (χ3n) is 2.12. The fourth-order valence-electron chi connectivity index (χ4n) is 1.18. The molecule has 0 bridgehead atoms. The van der Waals surface area contributed by atoms with Crippen molar-refractivity contribution in [3.05, 3.63) is 0 Å². The minimum atomic E-state index is -0.0306. The standard InChI is InChI=1S/C8H14O2/c1-6(2)7-3-4-8(9)10-5-7/h6-7H,3-5H2,1-2H3/t7-/m1/s1. The molecule has 0 aromatic rings. The molecule has 0 radical (unpaired) electrons. The van der Waals surface area contributed by atoms with E-state index in [1.165, 1.54) is 0 Å². The smallest absolute Gasteiger partial charge is 0.305 e. The topological polar surface area (TPSA) is 26.3 Å². The largest absolute Gasteiger partial charge is 0.465 e. The third kappa shape index (κ3) is 1.72. The highest BCUT2D eigenvalue weighted by Gasteiger charge is 2.21. The number of hydrogen-bond acceptors (Lipinski definition) is 2. The Morgan fingerprint density at radius 3 is 2.70 bits per heavy atom. The molecule has 10 heavy (non-hydrogen) atoms. The summed E-state index contributed by atoms with van der Waals surface area (Å²) in [5.74, 6) is 1.21. The lowest BCUT2D eigenvalue weighted by Gasteiger charge is -2.24. The Hall–Kier alpha value is -0.530. The SMILES string of the molecule is CC(C)[C@@H]1CCC(=O)OC1. The Morgan fingerprint density at radius 1 is 1.60 bits per heavy atom. The fourth-order valence-corrected chi connectivity index (χ4v) is 1.18. The van der Waals surface area contributed by atoms with Crippen molar-refractivity contribution in [2.75, 3.05) is 6.61 Å². The quantitative estimate of drug-likeness (QED) is 0.520. The second kappa shape index (κ2) is 3.04. The van der Waals surface area contributed by atoms with Crippen molar-refractivity contribution in [1.82, 2.24) is 0 Å². The molecule has 0 aliphatic carbocycles. The second-order valence-electron chi connectivity index (χ2n) is 3.23. The summed E-state index contributed by atoms with van der Waals surface area (Å²) >= 11 is 0. The summed E-state index contributed by atoms with van der Waals surface area (Å²) in [6, 6.07) is 0. The van der Waals surface area contributed by atoms with Crippen LogP contribution in [0.4, 0.5) is 0 Å². The molecule has 0 aromatic carbocycles. The monoisotopic (exact) mass is 142 g/mol. The zero-order valence-electron chi connectivity index (χ0n) is 6.59. The molecular weight excluding hydrogens is 128 g/mol. The van der Waals surface area contributed by atoms with E-state index in [-0.39, 0.29) is 5.97 Å². The van der Waals surface area contributed by atoms with E-state index in [0.29, 0.717) is 24.9 Å². The molecule has 1 saturated heterocycles. The van der Waals surface area contributed by atoms with E-state index in [0.717, 1.165) is 6.42 Å². The van der Waals surface area contributed by atoms with E-state index in [1.807, 2.05) is 0 Å². The summed E-state index contributed by atoms with van der Waals surface area (Å²) in [5, 5.41) is 0. The maximum Gasteiger partial charge on any atom is 0.305 e. The molecule has 58 valence electrons. The molecule has 0 amide bonds. The fraction of sp³-hybridized carbons (Fsp3) is 0.875. The molecule has 0 aromatic heterocycles.